The first kappa shape index (κ1) is 14.2. The van der Waals surface area contributed by atoms with Gasteiger partial charge < -0.3 is 9.84 Å². The lowest BCUT2D eigenvalue weighted by atomic mass is 9.85. The Balaban J connectivity index is 2.75. The highest BCUT2D eigenvalue weighted by atomic mass is 79.9. The minimum Gasteiger partial charge on any atom is -0.361 e. The minimum absolute atomic E-state index is 0.0223. The Bertz CT molecular complexity index is 382. The molecule has 1 rings (SSSR count). The Morgan fingerprint density at radius 3 is 2.65 bits per heavy atom. The first-order valence-electron chi connectivity index (χ1n) is 5.64. The summed E-state index contributed by atoms with van der Waals surface area (Å²) < 4.78 is 4.89. The lowest BCUT2D eigenvalue weighted by Crippen LogP contribution is -2.44. The Kier molecular flexibility index (Phi) is 4.74. The number of amides is 1. The highest BCUT2D eigenvalue weighted by Crippen LogP contribution is 2.23. The third-order valence-corrected chi connectivity index (χ3v) is 3.20. The molecule has 1 amide bonds. The van der Waals surface area contributed by atoms with Crippen molar-refractivity contribution < 1.29 is 9.32 Å². The molecule has 0 saturated carbocycles. The topological polar surface area (TPSA) is 55.1 Å². The number of nitrogens with zero attached hydrogens (tertiary/aromatic N) is 1. The molecule has 0 fully saturated rings. The molecular weight excluding hydrogens is 284 g/mol. The highest BCUT2D eigenvalue weighted by Gasteiger charge is 2.26. The second-order valence-electron chi connectivity index (χ2n) is 5.17. The van der Waals surface area contributed by atoms with Crippen molar-refractivity contribution in [1.29, 1.82) is 0 Å². The summed E-state index contributed by atoms with van der Waals surface area (Å²) in [5.74, 6) is 0.429. The molecule has 0 aromatic carbocycles. The predicted molar refractivity (Wildman–Crippen MR) is 70.4 cm³/mol. The lowest BCUT2D eigenvalue weighted by molar-refractivity contribution is 0.0899. The molecule has 0 radical (unpaired) electrons. The first-order valence-corrected chi connectivity index (χ1v) is 6.76. The van der Waals surface area contributed by atoms with E-state index < -0.39 is 0 Å². The third kappa shape index (κ3) is 3.84. The number of carbonyl (C=O) groups is 1. The molecule has 1 N–H and O–H groups in total. The van der Waals surface area contributed by atoms with Gasteiger partial charge in [0.15, 0.2) is 0 Å². The van der Waals surface area contributed by atoms with E-state index in [2.05, 4.69) is 47.2 Å². The number of halogens is 1. The van der Waals surface area contributed by atoms with E-state index in [0.717, 1.165) is 11.8 Å². The molecule has 1 aromatic rings. The number of rotatable bonds is 4. The number of nitrogens with one attached hydrogen (secondary N) is 1. The largest absolute Gasteiger partial charge is 0.361 e. The van der Waals surface area contributed by atoms with Crippen LogP contribution in [-0.4, -0.2) is 22.4 Å². The molecule has 5 heteroatoms. The zero-order chi connectivity index (χ0) is 13.1. The molecule has 1 aromatic heterocycles. The van der Waals surface area contributed by atoms with E-state index in [4.69, 9.17) is 4.52 Å². The second kappa shape index (κ2) is 5.67. The highest BCUT2D eigenvalue weighted by molar-refractivity contribution is 9.09. The fraction of sp³-hybridized carbons (Fsp3) is 0.667. The average Bonchev–Trinajstić information content (AvgIpc) is 2.62. The maximum Gasteiger partial charge on any atom is 0.256 e. The van der Waals surface area contributed by atoms with E-state index in [1.54, 1.807) is 6.92 Å². The maximum atomic E-state index is 12.0. The van der Waals surface area contributed by atoms with Gasteiger partial charge in [-0.15, -0.1) is 0 Å². The molecule has 0 saturated heterocycles. The molecule has 0 aliphatic heterocycles. The molecule has 1 atom stereocenters. The normalized spacial score (nSPS) is 13.5. The zero-order valence-corrected chi connectivity index (χ0v) is 12.3. The van der Waals surface area contributed by atoms with Gasteiger partial charge in [0.05, 0.1) is 6.20 Å². The summed E-state index contributed by atoms with van der Waals surface area (Å²) in [6.45, 7) is 8.07. The monoisotopic (exact) mass is 302 g/mol. The van der Waals surface area contributed by atoms with Gasteiger partial charge in [-0.05, 0) is 18.8 Å². The van der Waals surface area contributed by atoms with Gasteiger partial charge in [0.25, 0.3) is 5.91 Å². The second-order valence-corrected chi connectivity index (χ2v) is 5.96. The quantitative estimate of drug-likeness (QED) is 0.870. The zero-order valence-electron chi connectivity index (χ0n) is 10.7. The summed E-state index contributed by atoms with van der Waals surface area (Å²) in [6, 6.07) is 0.115. The summed E-state index contributed by atoms with van der Waals surface area (Å²) in [5.41, 5.74) is 0.530. The molecule has 1 heterocycles. The van der Waals surface area contributed by atoms with Crippen LogP contribution in [0.3, 0.4) is 0 Å². The van der Waals surface area contributed by atoms with Crippen molar-refractivity contribution in [3.05, 3.63) is 17.5 Å². The Morgan fingerprint density at radius 2 is 2.24 bits per heavy atom. The third-order valence-electron chi connectivity index (χ3n) is 2.74. The van der Waals surface area contributed by atoms with E-state index in [1.807, 2.05) is 0 Å². The van der Waals surface area contributed by atoms with Crippen LogP contribution < -0.4 is 5.32 Å². The van der Waals surface area contributed by atoms with Crippen molar-refractivity contribution in [3.63, 3.8) is 0 Å². The molecule has 0 bridgehead atoms. The van der Waals surface area contributed by atoms with Gasteiger partial charge in [0, 0.05) is 11.4 Å². The van der Waals surface area contributed by atoms with Gasteiger partial charge in [0.2, 0.25) is 0 Å². The van der Waals surface area contributed by atoms with E-state index in [0.29, 0.717) is 11.3 Å². The smallest absolute Gasteiger partial charge is 0.256 e. The molecule has 4 nitrogen and oxygen atoms in total. The number of hydrogen-bond donors (Lipinski definition) is 1. The van der Waals surface area contributed by atoms with Gasteiger partial charge in [0.1, 0.15) is 11.3 Å². The van der Waals surface area contributed by atoms with Crippen LogP contribution in [0.1, 0.15) is 43.3 Å². The summed E-state index contributed by atoms with van der Waals surface area (Å²) in [7, 11) is 0. The van der Waals surface area contributed by atoms with Gasteiger partial charge in [-0.25, -0.2) is 0 Å². The first-order chi connectivity index (χ1) is 7.86. The van der Waals surface area contributed by atoms with Crippen LogP contribution in [0.5, 0.6) is 0 Å². The SMILES string of the molecule is Cc1oncc1C(=O)NC(CCBr)C(C)(C)C. The summed E-state index contributed by atoms with van der Waals surface area (Å²) in [4.78, 5) is 12.0. The van der Waals surface area contributed by atoms with Crippen LogP contribution >= 0.6 is 15.9 Å². The summed E-state index contributed by atoms with van der Waals surface area (Å²) >= 11 is 3.41. The van der Waals surface area contributed by atoms with Crippen molar-refractivity contribution in [1.82, 2.24) is 10.5 Å². The van der Waals surface area contributed by atoms with E-state index in [1.165, 1.54) is 6.20 Å². The maximum absolute atomic E-state index is 12.0. The van der Waals surface area contributed by atoms with Crippen LogP contribution in [0.4, 0.5) is 0 Å². The van der Waals surface area contributed by atoms with Gasteiger partial charge in [-0.3, -0.25) is 4.79 Å². The van der Waals surface area contributed by atoms with Crippen molar-refractivity contribution >= 4 is 21.8 Å². The summed E-state index contributed by atoms with van der Waals surface area (Å²) in [6.07, 6.45) is 2.35. The molecule has 0 aliphatic rings. The number of alkyl halides is 1. The van der Waals surface area contributed by atoms with Crippen molar-refractivity contribution in [2.24, 2.45) is 5.41 Å². The summed E-state index contributed by atoms with van der Waals surface area (Å²) in [5, 5.41) is 7.50. The Hall–Kier alpha value is -0.840. The van der Waals surface area contributed by atoms with E-state index >= 15 is 0 Å². The van der Waals surface area contributed by atoms with Gasteiger partial charge in [-0.2, -0.15) is 0 Å². The Labute approximate surface area is 110 Å². The fourth-order valence-corrected chi connectivity index (χ4v) is 2.04. The fourth-order valence-electron chi connectivity index (χ4n) is 1.58. The van der Waals surface area contributed by atoms with Crippen LogP contribution in [0.25, 0.3) is 0 Å². The number of carbonyl (C=O) groups excluding carboxylic acids is 1. The van der Waals surface area contributed by atoms with Crippen LogP contribution in [-0.2, 0) is 0 Å². The van der Waals surface area contributed by atoms with Crippen molar-refractivity contribution in [3.8, 4) is 0 Å². The van der Waals surface area contributed by atoms with Crippen LogP contribution in [0.15, 0.2) is 10.7 Å². The Morgan fingerprint density at radius 1 is 1.59 bits per heavy atom. The standard InChI is InChI=1S/C12H19BrN2O2/c1-8-9(7-14-17-8)11(16)15-10(5-6-13)12(2,3)4/h7,10H,5-6H2,1-4H3,(H,15,16). The molecule has 17 heavy (non-hydrogen) atoms. The van der Waals surface area contributed by atoms with Crippen molar-refractivity contribution in [2.75, 3.05) is 5.33 Å². The van der Waals surface area contributed by atoms with E-state index in [9.17, 15) is 4.79 Å². The van der Waals surface area contributed by atoms with Gasteiger partial charge in [-0.1, -0.05) is 41.9 Å². The number of aromatic nitrogens is 1. The van der Waals surface area contributed by atoms with Gasteiger partial charge >= 0.3 is 0 Å². The van der Waals surface area contributed by atoms with Crippen LogP contribution in [0.2, 0.25) is 0 Å². The minimum atomic E-state index is -0.121. The predicted octanol–water partition coefficient (Wildman–Crippen LogP) is 2.91. The van der Waals surface area contributed by atoms with Crippen molar-refractivity contribution in [2.45, 2.75) is 40.2 Å². The molecule has 0 aliphatic carbocycles. The average molecular weight is 303 g/mol. The number of aryl methyl sites for hydroxylation is 1. The lowest BCUT2D eigenvalue weighted by Gasteiger charge is -2.31. The number of hydrogen-bond acceptors (Lipinski definition) is 3. The molecular formula is C12H19BrN2O2. The van der Waals surface area contributed by atoms with Crippen LogP contribution in [0, 0.1) is 12.3 Å². The van der Waals surface area contributed by atoms with E-state index in [-0.39, 0.29) is 17.4 Å². The molecule has 96 valence electrons. The molecule has 1 unspecified atom stereocenters. The molecule has 0 spiro atoms.